The summed E-state index contributed by atoms with van der Waals surface area (Å²) < 4.78 is 6.96. The van der Waals surface area contributed by atoms with Crippen LogP contribution in [0.2, 0.25) is 0 Å². The van der Waals surface area contributed by atoms with Crippen molar-refractivity contribution < 1.29 is 14.9 Å². The molecule has 3 rings (SSSR count). The molecular formula is C13H18N2O5. The number of H-pyrrole nitrogens is 1. The van der Waals surface area contributed by atoms with E-state index in [1.165, 1.54) is 10.8 Å². The minimum Gasteiger partial charge on any atom is -0.390 e. The van der Waals surface area contributed by atoms with Crippen LogP contribution in [0, 0.1) is 6.92 Å². The van der Waals surface area contributed by atoms with Gasteiger partial charge in [-0.2, -0.15) is 0 Å². The first-order valence-electron chi connectivity index (χ1n) is 6.79. The molecule has 4 unspecified atom stereocenters. The van der Waals surface area contributed by atoms with Crippen LogP contribution in [0.5, 0.6) is 0 Å². The second kappa shape index (κ2) is 4.54. The highest BCUT2D eigenvalue weighted by Gasteiger charge is 2.52. The van der Waals surface area contributed by atoms with Crippen LogP contribution < -0.4 is 11.2 Å². The van der Waals surface area contributed by atoms with Gasteiger partial charge in [-0.05, 0) is 26.2 Å². The highest BCUT2D eigenvalue weighted by Crippen LogP contribution is 2.44. The van der Waals surface area contributed by atoms with Crippen LogP contribution in [-0.4, -0.2) is 37.6 Å². The van der Waals surface area contributed by atoms with Gasteiger partial charge < -0.3 is 14.9 Å². The molecule has 2 aliphatic rings. The van der Waals surface area contributed by atoms with Crippen molar-refractivity contribution in [1.82, 2.24) is 9.55 Å². The maximum Gasteiger partial charge on any atom is 0.330 e. The Morgan fingerprint density at radius 2 is 2.25 bits per heavy atom. The Morgan fingerprint density at radius 3 is 2.95 bits per heavy atom. The van der Waals surface area contributed by atoms with Crippen molar-refractivity contribution in [1.29, 1.82) is 0 Å². The van der Waals surface area contributed by atoms with Crippen molar-refractivity contribution in [2.45, 2.75) is 56.6 Å². The number of aryl methyl sites for hydroxylation is 1. The summed E-state index contributed by atoms with van der Waals surface area (Å²) in [6.07, 6.45) is 1.45. The first kappa shape index (κ1) is 13.5. The lowest BCUT2D eigenvalue weighted by atomic mass is 9.80. The molecule has 0 amide bonds. The molecule has 7 heteroatoms. The smallest absolute Gasteiger partial charge is 0.330 e. The second-order valence-electron chi connectivity index (χ2n) is 5.76. The van der Waals surface area contributed by atoms with E-state index in [-0.39, 0.29) is 6.42 Å². The number of hydrogen-bond donors (Lipinski definition) is 3. The van der Waals surface area contributed by atoms with Crippen molar-refractivity contribution in [3.63, 3.8) is 0 Å². The Morgan fingerprint density at radius 1 is 1.50 bits per heavy atom. The molecule has 4 atom stereocenters. The molecule has 2 heterocycles. The van der Waals surface area contributed by atoms with Gasteiger partial charge in [-0.15, -0.1) is 0 Å². The molecule has 1 saturated heterocycles. The summed E-state index contributed by atoms with van der Waals surface area (Å²) >= 11 is 0. The molecule has 1 aromatic heterocycles. The summed E-state index contributed by atoms with van der Waals surface area (Å²) in [6, 6.07) is 0. The Balaban J connectivity index is 1.96. The summed E-state index contributed by atoms with van der Waals surface area (Å²) in [7, 11) is 0. The van der Waals surface area contributed by atoms with Crippen LogP contribution in [-0.2, 0) is 4.74 Å². The highest BCUT2D eigenvalue weighted by atomic mass is 16.5. The van der Waals surface area contributed by atoms with E-state index in [9.17, 15) is 19.8 Å². The molecule has 0 bridgehead atoms. The standard InChI is InChI=1S/C13H18N2O5/c1-7-6-15(12(18)14-11(7)17)9-5-13(19)4-2-3-8(16)10(13)20-9/h6,8-10,16,19H,2-5H2,1H3,(H,14,17,18). The van der Waals surface area contributed by atoms with Crippen LogP contribution in [0.4, 0.5) is 0 Å². The first-order valence-corrected chi connectivity index (χ1v) is 6.79. The van der Waals surface area contributed by atoms with E-state index >= 15 is 0 Å². The maximum atomic E-state index is 11.9. The summed E-state index contributed by atoms with van der Waals surface area (Å²) in [5, 5.41) is 20.5. The first-order chi connectivity index (χ1) is 9.40. The van der Waals surface area contributed by atoms with Gasteiger partial charge in [0.25, 0.3) is 5.56 Å². The average Bonchev–Trinajstić information content (AvgIpc) is 2.72. The Bertz CT molecular complexity index is 636. The summed E-state index contributed by atoms with van der Waals surface area (Å²) in [5.41, 5.74) is -1.70. The predicted octanol–water partition coefficient (Wildman–Crippen LogP) is -0.592. The molecule has 0 aromatic carbocycles. The van der Waals surface area contributed by atoms with E-state index < -0.39 is 35.3 Å². The normalized spacial score (nSPS) is 36.9. The number of aliphatic hydroxyl groups excluding tert-OH is 1. The minimum atomic E-state index is -1.11. The number of nitrogens with one attached hydrogen (secondary N) is 1. The SMILES string of the molecule is Cc1cn(C2CC3(O)CCCC(O)C3O2)c(=O)[nH]c1=O. The molecule has 1 saturated carbocycles. The van der Waals surface area contributed by atoms with E-state index in [2.05, 4.69) is 4.98 Å². The van der Waals surface area contributed by atoms with Gasteiger partial charge in [0.15, 0.2) is 0 Å². The minimum absolute atomic E-state index is 0.236. The molecule has 0 spiro atoms. The van der Waals surface area contributed by atoms with Crippen LogP contribution in [0.25, 0.3) is 0 Å². The fourth-order valence-corrected chi connectivity index (χ4v) is 3.19. The van der Waals surface area contributed by atoms with Crippen molar-refractivity contribution in [2.24, 2.45) is 0 Å². The number of aliphatic hydroxyl groups is 2. The number of hydrogen-bond acceptors (Lipinski definition) is 5. The summed E-state index contributed by atoms with van der Waals surface area (Å²) in [4.78, 5) is 25.4. The number of aromatic amines is 1. The third-order valence-corrected chi connectivity index (χ3v) is 4.28. The molecule has 20 heavy (non-hydrogen) atoms. The van der Waals surface area contributed by atoms with Crippen LogP contribution in [0.1, 0.15) is 37.5 Å². The van der Waals surface area contributed by atoms with Crippen LogP contribution >= 0.6 is 0 Å². The third kappa shape index (κ3) is 2.02. The van der Waals surface area contributed by atoms with E-state index in [1.54, 1.807) is 6.92 Å². The van der Waals surface area contributed by atoms with Gasteiger partial charge in [-0.1, -0.05) is 0 Å². The fourth-order valence-electron chi connectivity index (χ4n) is 3.19. The topological polar surface area (TPSA) is 105 Å². The van der Waals surface area contributed by atoms with Gasteiger partial charge in [-0.3, -0.25) is 14.3 Å². The number of aromatic nitrogens is 2. The highest BCUT2D eigenvalue weighted by molar-refractivity contribution is 5.05. The zero-order valence-corrected chi connectivity index (χ0v) is 11.2. The van der Waals surface area contributed by atoms with E-state index in [4.69, 9.17) is 4.74 Å². The van der Waals surface area contributed by atoms with Gasteiger partial charge in [0.05, 0.1) is 11.7 Å². The Hall–Kier alpha value is -1.44. The largest absolute Gasteiger partial charge is 0.390 e. The van der Waals surface area contributed by atoms with Gasteiger partial charge >= 0.3 is 5.69 Å². The maximum absolute atomic E-state index is 11.9. The van der Waals surface area contributed by atoms with E-state index in [0.29, 0.717) is 18.4 Å². The van der Waals surface area contributed by atoms with Gasteiger partial charge in [0.1, 0.15) is 12.3 Å². The van der Waals surface area contributed by atoms with E-state index in [1.807, 2.05) is 0 Å². The molecule has 3 N–H and O–H groups in total. The molecular weight excluding hydrogens is 264 g/mol. The van der Waals surface area contributed by atoms with Crippen molar-refractivity contribution >= 4 is 0 Å². The predicted molar refractivity (Wildman–Crippen MR) is 69.4 cm³/mol. The molecule has 1 aliphatic carbocycles. The quantitative estimate of drug-likeness (QED) is 0.638. The lowest BCUT2D eigenvalue weighted by molar-refractivity contribution is -0.137. The summed E-state index contributed by atoms with van der Waals surface area (Å²) in [5.74, 6) is 0. The number of nitrogens with zero attached hydrogens (tertiary/aromatic N) is 1. The zero-order valence-electron chi connectivity index (χ0n) is 11.2. The van der Waals surface area contributed by atoms with Crippen LogP contribution in [0.15, 0.2) is 15.8 Å². The second-order valence-corrected chi connectivity index (χ2v) is 5.76. The Kier molecular flexibility index (Phi) is 3.07. The number of rotatable bonds is 1. The molecule has 0 radical (unpaired) electrons. The molecule has 2 fully saturated rings. The van der Waals surface area contributed by atoms with Crippen molar-refractivity contribution in [2.75, 3.05) is 0 Å². The number of ether oxygens (including phenoxy) is 1. The third-order valence-electron chi connectivity index (χ3n) is 4.28. The lowest BCUT2D eigenvalue weighted by Crippen LogP contribution is -2.48. The van der Waals surface area contributed by atoms with Gasteiger partial charge in [-0.25, -0.2) is 4.79 Å². The monoisotopic (exact) mass is 282 g/mol. The lowest BCUT2D eigenvalue weighted by Gasteiger charge is -2.35. The molecule has 110 valence electrons. The van der Waals surface area contributed by atoms with Crippen molar-refractivity contribution in [3.8, 4) is 0 Å². The van der Waals surface area contributed by atoms with Crippen LogP contribution in [0.3, 0.4) is 0 Å². The van der Waals surface area contributed by atoms with Crippen molar-refractivity contribution in [3.05, 3.63) is 32.6 Å². The van der Waals surface area contributed by atoms with Gasteiger partial charge in [0, 0.05) is 18.2 Å². The summed E-state index contributed by atoms with van der Waals surface area (Å²) in [6.45, 7) is 1.60. The average molecular weight is 282 g/mol. The van der Waals surface area contributed by atoms with E-state index in [0.717, 1.165) is 6.42 Å². The molecule has 7 nitrogen and oxygen atoms in total. The van der Waals surface area contributed by atoms with Gasteiger partial charge in [0.2, 0.25) is 0 Å². The molecule has 1 aliphatic heterocycles. The molecule has 1 aromatic rings. The number of fused-ring (bicyclic) bond motifs is 1. The zero-order chi connectivity index (χ0) is 14.5. The fraction of sp³-hybridized carbons (Fsp3) is 0.692. The Labute approximate surface area is 114 Å².